The maximum absolute atomic E-state index is 11.8. The van der Waals surface area contributed by atoms with Crippen LogP contribution in [0.4, 0.5) is 0 Å². The van der Waals surface area contributed by atoms with Gasteiger partial charge >= 0.3 is 0 Å². The zero-order chi connectivity index (χ0) is 11.7. The maximum atomic E-state index is 11.8. The van der Waals surface area contributed by atoms with Gasteiger partial charge in [-0.2, -0.15) is 5.16 Å². The van der Waals surface area contributed by atoms with E-state index in [1.165, 1.54) is 0 Å². The molecule has 1 aliphatic rings. The Kier molecular flexibility index (Phi) is 2.44. The number of benzene rings is 1. The van der Waals surface area contributed by atoms with Gasteiger partial charge in [-0.05, 0) is 12.8 Å². The molecule has 0 bridgehead atoms. The SMILES string of the molecule is O=c1[nH]oc(-c2ccccc2)c1C1C=CCC1. The second-order valence-electron chi connectivity index (χ2n) is 4.25. The summed E-state index contributed by atoms with van der Waals surface area (Å²) in [6, 6.07) is 9.74. The molecule has 0 spiro atoms. The van der Waals surface area contributed by atoms with Crippen LogP contribution in [0.15, 0.2) is 51.8 Å². The van der Waals surface area contributed by atoms with Crippen molar-refractivity contribution in [2.24, 2.45) is 0 Å². The fourth-order valence-corrected chi connectivity index (χ4v) is 2.32. The molecule has 1 aromatic carbocycles. The van der Waals surface area contributed by atoms with Crippen LogP contribution < -0.4 is 5.56 Å². The summed E-state index contributed by atoms with van der Waals surface area (Å²) in [5.41, 5.74) is 1.59. The summed E-state index contributed by atoms with van der Waals surface area (Å²) in [5, 5.41) is 2.45. The van der Waals surface area contributed by atoms with Gasteiger partial charge in [0.15, 0.2) is 5.76 Å². The van der Waals surface area contributed by atoms with Gasteiger partial charge in [-0.15, -0.1) is 0 Å². The molecule has 1 aliphatic carbocycles. The van der Waals surface area contributed by atoms with Crippen molar-refractivity contribution in [1.29, 1.82) is 0 Å². The molecule has 3 heteroatoms. The summed E-state index contributed by atoms with van der Waals surface area (Å²) in [6.07, 6.45) is 6.23. The first-order chi connectivity index (χ1) is 8.36. The van der Waals surface area contributed by atoms with Gasteiger partial charge in [0.05, 0.1) is 5.56 Å². The Morgan fingerprint density at radius 1 is 1.24 bits per heavy atom. The van der Waals surface area contributed by atoms with Crippen LogP contribution in [0.2, 0.25) is 0 Å². The lowest BCUT2D eigenvalue weighted by atomic mass is 9.96. The second-order valence-corrected chi connectivity index (χ2v) is 4.25. The number of nitrogens with one attached hydrogen (secondary N) is 1. The standard InChI is InChI=1S/C14H13NO2/c16-14-12(10-6-4-5-7-10)13(17-15-14)11-8-2-1-3-9-11/h1-4,6,8-10H,5,7H2,(H,15,16). The van der Waals surface area contributed by atoms with Gasteiger partial charge in [-0.25, -0.2) is 0 Å². The van der Waals surface area contributed by atoms with E-state index in [1.807, 2.05) is 30.3 Å². The molecular weight excluding hydrogens is 214 g/mol. The van der Waals surface area contributed by atoms with E-state index >= 15 is 0 Å². The van der Waals surface area contributed by atoms with Crippen LogP contribution in [0.5, 0.6) is 0 Å². The smallest absolute Gasteiger partial charge is 0.284 e. The molecule has 3 nitrogen and oxygen atoms in total. The van der Waals surface area contributed by atoms with Gasteiger partial charge in [0.25, 0.3) is 5.56 Å². The zero-order valence-electron chi connectivity index (χ0n) is 9.35. The quantitative estimate of drug-likeness (QED) is 0.801. The highest BCUT2D eigenvalue weighted by molar-refractivity contribution is 5.61. The molecule has 0 radical (unpaired) electrons. The van der Waals surface area contributed by atoms with Crippen LogP contribution in [0.3, 0.4) is 0 Å². The van der Waals surface area contributed by atoms with E-state index in [1.54, 1.807) is 0 Å². The summed E-state index contributed by atoms with van der Waals surface area (Å²) >= 11 is 0. The van der Waals surface area contributed by atoms with E-state index in [4.69, 9.17) is 4.52 Å². The normalized spacial score (nSPS) is 18.7. The fraction of sp³-hybridized carbons (Fsp3) is 0.214. The predicted octanol–water partition coefficient (Wildman–Crippen LogP) is 3.07. The van der Waals surface area contributed by atoms with Crippen molar-refractivity contribution in [2.45, 2.75) is 18.8 Å². The number of hydrogen-bond acceptors (Lipinski definition) is 2. The summed E-state index contributed by atoms with van der Waals surface area (Å²) in [5.74, 6) is 0.861. The molecular formula is C14H13NO2. The summed E-state index contributed by atoms with van der Waals surface area (Å²) in [4.78, 5) is 11.8. The van der Waals surface area contributed by atoms with Crippen molar-refractivity contribution in [3.8, 4) is 11.3 Å². The largest absolute Gasteiger partial charge is 0.378 e. The first kappa shape index (κ1) is 10.1. The van der Waals surface area contributed by atoms with Crippen molar-refractivity contribution in [3.63, 3.8) is 0 Å². The average Bonchev–Trinajstić information content (AvgIpc) is 2.99. The Balaban J connectivity index is 2.12. The highest BCUT2D eigenvalue weighted by Crippen LogP contribution is 2.33. The molecule has 0 aliphatic heterocycles. The second kappa shape index (κ2) is 4.09. The van der Waals surface area contributed by atoms with Crippen LogP contribution in [0.1, 0.15) is 24.3 Å². The highest BCUT2D eigenvalue weighted by atomic mass is 16.5. The van der Waals surface area contributed by atoms with Crippen molar-refractivity contribution < 1.29 is 4.52 Å². The first-order valence-electron chi connectivity index (χ1n) is 5.79. The molecule has 1 atom stereocenters. The minimum Gasteiger partial charge on any atom is -0.378 e. The minimum atomic E-state index is -0.111. The van der Waals surface area contributed by atoms with Crippen LogP contribution in [0.25, 0.3) is 11.3 Å². The van der Waals surface area contributed by atoms with Crippen LogP contribution in [-0.4, -0.2) is 5.16 Å². The monoisotopic (exact) mass is 227 g/mol. The van der Waals surface area contributed by atoms with E-state index < -0.39 is 0 Å². The van der Waals surface area contributed by atoms with Gasteiger partial charge in [0.2, 0.25) is 0 Å². The molecule has 0 saturated carbocycles. The molecule has 1 aromatic heterocycles. The third-order valence-electron chi connectivity index (χ3n) is 3.15. The lowest BCUT2D eigenvalue weighted by Gasteiger charge is -2.05. The molecule has 86 valence electrons. The number of H-pyrrole nitrogens is 1. The number of aromatic nitrogens is 1. The number of aromatic amines is 1. The molecule has 0 amide bonds. The molecule has 2 aromatic rings. The minimum absolute atomic E-state index is 0.111. The number of rotatable bonds is 2. The molecule has 17 heavy (non-hydrogen) atoms. The Labute approximate surface area is 98.7 Å². The Hall–Kier alpha value is -2.03. The zero-order valence-corrected chi connectivity index (χ0v) is 9.35. The Morgan fingerprint density at radius 3 is 2.76 bits per heavy atom. The predicted molar refractivity (Wildman–Crippen MR) is 65.9 cm³/mol. The van der Waals surface area contributed by atoms with Crippen LogP contribution >= 0.6 is 0 Å². The van der Waals surface area contributed by atoms with E-state index in [0.717, 1.165) is 24.0 Å². The molecule has 0 fully saturated rings. The Bertz CT molecular complexity index is 592. The number of hydrogen-bond donors (Lipinski definition) is 1. The van der Waals surface area contributed by atoms with Crippen molar-refractivity contribution >= 4 is 0 Å². The fourth-order valence-electron chi connectivity index (χ4n) is 2.32. The van der Waals surface area contributed by atoms with Gasteiger partial charge in [-0.3, -0.25) is 4.79 Å². The van der Waals surface area contributed by atoms with Gasteiger partial charge in [-0.1, -0.05) is 42.5 Å². The summed E-state index contributed by atoms with van der Waals surface area (Å²) in [6.45, 7) is 0. The topological polar surface area (TPSA) is 46.0 Å². The Morgan fingerprint density at radius 2 is 2.06 bits per heavy atom. The van der Waals surface area contributed by atoms with Crippen molar-refractivity contribution in [1.82, 2.24) is 5.16 Å². The van der Waals surface area contributed by atoms with Gasteiger partial charge in [0.1, 0.15) is 0 Å². The molecule has 0 saturated heterocycles. The molecule has 3 rings (SSSR count). The summed E-state index contributed by atoms with van der Waals surface area (Å²) < 4.78 is 5.32. The molecule has 1 unspecified atom stereocenters. The molecule has 1 N–H and O–H groups in total. The average molecular weight is 227 g/mol. The third-order valence-corrected chi connectivity index (χ3v) is 3.15. The first-order valence-corrected chi connectivity index (χ1v) is 5.79. The van der Waals surface area contributed by atoms with Gasteiger partial charge < -0.3 is 4.52 Å². The third kappa shape index (κ3) is 1.73. The van der Waals surface area contributed by atoms with Crippen molar-refractivity contribution in [3.05, 3.63) is 58.4 Å². The lowest BCUT2D eigenvalue weighted by molar-refractivity contribution is 0.425. The molecule has 1 heterocycles. The highest BCUT2D eigenvalue weighted by Gasteiger charge is 2.23. The van der Waals surface area contributed by atoms with Gasteiger partial charge in [0, 0.05) is 11.5 Å². The lowest BCUT2D eigenvalue weighted by Crippen LogP contribution is -2.08. The summed E-state index contributed by atoms with van der Waals surface area (Å²) in [7, 11) is 0. The maximum Gasteiger partial charge on any atom is 0.284 e. The van der Waals surface area contributed by atoms with E-state index in [2.05, 4.69) is 17.3 Å². The van der Waals surface area contributed by atoms with E-state index in [9.17, 15) is 4.79 Å². The van der Waals surface area contributed by atoms with Crippen LogP contribution in [-0.2, 0) is 0 Å². The van der Waals surface area contributed by atoms with Crippen LogP contribution in [0, 0.1) is 0 Å². The van der Waals surface area contributed by atoms with E-state index in [-0.39, 0.29) is 11.5 Å². The number of allylic oxidation sites excluding steroid dienone is 2. The van der Waals surface area contributed by atoms with E-state index in [0.29, 0.717) is 5.76 Å². The van der Waals surface area contributed by atoms with Crippen molar-refractivity contribution in [2.75, 3.05) is 0 Å².